The lowest BCUT2D eigenvalue weighted by Gasteiger charge is -2.10. The first-order valence-corrected chi connectivity index (χ1v) is 7.43. The second kappa shape index (κ2) is 8.34. The first kappa shape index (κ1) is 19.5. The standard InChI is InChI=1S/C16H20N4O.2ClH/c1-3-15-19-13-10-11(7-8-14(13)20(15)4-2)18-16(21)12-6-5-9-17-12;;/h5-8,10,12,17H,3-4,9H2,1-2H3,(H,18,21);2*1H. The Bertz CT molecular complexity index is 711. The molecule has 0 bridgehead atoms. The molecule has 1 aromatic carbocycles. The highest BCUT2D eigenvalue weighted by molar-refractivity contribution is 5.97. The molecular weight excluding hydrogens is 335 g/mol. The van der Waals surface area contributed by atoms with Crippen molar-refractivity contribution in [3.8, 4) is 0 Å². The van der Waals surface area contributed by atoms with Crippen molar-refractivity contribution in [2.24, 2.45) is 0 Å². The van der Waals surface area contributed by atoms with Crippen molar-refractivity contribution in [2.75, 3.05) is 11.9 Å². The summed E-state index contributed by atoms with van der Waals surface area (Å²) >= 11 is 0. The number of aromatic nitrogens is 2. The van der Waals surface area contributed by atoms with Crippen LogP contribution in [0, 0.1) is 0 Å². The van der Waals surface area contributed by atoms with Crippen LogP contribution >= 0.6 is 24.8 Å². The number of carbonyl (C=O) groups is 1. The molecule has 2 N–H and O–H groups in total. The van der Waals surface area contributed by atoms with Crippen LogP contribution in [0.2, 0.25) is 0 Å². The van der Waals surface area contributed by atoms with Gasteiger partial charge in [0.05, 0.1) is 11.0 Å². The molecule has 0 radical (unpaired) electrons. The molecule has 0 spiro atoms. The maximum atomic E-state index is 12.1. The molecule has 5 nitrogen and oxygen atoms in total. The van der Waals surface area contributed by atoms with Crippen LogP contribution in [0.25, 0.3) is 11.0 Å². The van der Waals surface area contributed by atoms with E-state index >= 15 is 0 Å². The lowest BCUT2D eigenvalue weighted by molar-refractivity contribution is -0.116. The van der Waals surface area contributed by atoms with Crippen LogP contribution in [0.4, 0.5) is 5.69 Å². The highest BCUT2D eigenvalue weighted by atomic mass is 35.5. The number of imidazole rings is 1. The molecule has 1 aliphatic heterocycles. The summed E-state index contributed by atoms with van der Waals surface area (Å²) in [7, 11) is 0. The smallest absolute Gasteiger partial charge is 0.245 e. The molecule has 2 heterocycles. The van der Waals surface area contributed by atoms with Gasteiger partial charge in [0, 0.05) is 25.2 Å². The van der Waals surface area contributed by atoms with Gasteiger partial charge in [-0.05, 0) is 25.1 Å². The van der Waals surface area contributed by atoms with Gasteiger partial charge in [-0.25, -0.2) is 4.98 Å². The maximum absolute atomic E-state index is 12.1. The van der Waals surface area contributed by atoms with E-state index in [2.05, 4.69) is 34.0 Å². The van der Waals surface area contributed by atoms with Crippen molar-refractivity contribution in [2.45, 2.75) is 32.9 Å². The number of fused-ring (bicyclic) bond motifs is 1. The van der Waals surface area contributed by atoms with Gasteiger partial charge in [-0.3, -0.25) is 10.1 Å². The first-order valence-electron chi connectivity index (χ1n) is 7.43. The molecule has 0 fully saturated rings. The van der Waals surface area contributed by atoms with E-state index in [4.69, 9.17) is 0 Å². The summed E-state index contributed by atoms with van der Waals surface area (Å²) in [6.07, 6.45) is 4.75. The summed E-state index contributed by atoms with van der Waals surface area (Å²) in [5.41, 5.74) is 2.84. The zero-order valence-electron chi connectivity index (χ0n) is 13.2. The molecule has 0 aliphatic carbocycles. The molecule has 1 aliphatic rings. The minimum Gasteiger partial charge on any atom is -0.328 e. The van der Waals surface area contributed by atoms with E-state index in [1.165, 1.54) is 0 Å². The number of hydrogen-bond acceptors (Lipinski definition) is 3. The molecule has 0 saturated carbocycles. The number of carbonyl (C=O) groups excluding carboxylic acids is 1. The Morgan fingerprint density at radius 1 is 1.39 bits per heavy atom. The van der Waals surface area contributed by atoms with Crippen LogP contribution in [-0.2, 0) is 17.8 Å². The van der Waals surface area contributed by atoms with Gasteiger partial charge in [0.25, 0.3) is 0 Å². The summed E-state index contributed by atoms with van der Waals surface area (Å²) in [6, 6.07) is 5.67. The predicted octanol–water partition coefficient (Wildman–Crippen LogP) is 2.93. The van der Waals surface area contributed by atoms with E-state index in [-0.39, 0.29) is 36.8 Å². The predicted molar refractivity (Wildman–Crippen MR) is 98.8 cm³/mol. The number of nitrogens with one attached hydrogen (secondary N) is 2. The molecule has 1 atom stereocenters. The minimum absolute atomic E-state index is 0. The molecular formula is C16H22Cl2N4O. The third-order valence-corrected chi connectivity index (χ3v) is 3.79. The number of rotatable bonds is 4. The zero-order valence-corrected chi connectivity index (χ0v) is 14.8. The molecule has 1 amide bonds. The van der Waals surface area contributed by atoms with Crippen molar-refractivity contribution >= 4 is 47.4 Å². The van der Waals surface area contributed by atoms with Gasteiger partial charge in [-0.15, -0.1) is 24.8 Å². The summed E-state index contributed by atoms with van der Waals surface area (Å²) < 4.78 is 2.21. The van der Waals surface area contributed by atoms with Crippen molar-refractivity contribution in [1.29, 1.82) is 0 Å². The average Bonchev–Trinajstić information content (AvgIpc) is 3.13. The van der Waals surface area contributed by atoms with E-state index in [1.54, 1.807) is 0 Å². The number of amides is 1. The molecule has 3 rings (SSSR count). The highest BCUT2D eigenvalue weighted by Gasteiger charge is 2.17. The van der Waals surface area contributed by atoms with E-state index in [9.17, 15) is 4.79 Å². The third-order valence-electron chi connectivity index (χ3n) is 3.79. The van der Waals surface area contributed by atoms with Gasteiger partial charge in [-0.1, -0.05) is 19.1 Å². The summed E-state index contributed by atoms with van der Waals surface area (Å²) in [5.74, 6) is 1.05. The largest absolute Gasteiger partial charge is 0.328 e. The van der Waals surface area contributed by atoms with Crippen LogP contribution in [-0.4, -0.2) is 28.0 Å². The fourth-order valence-corrected chi connectivity index (χ4v) is 2.75. The Morgan fingerprint density at radius 2 is 2.17 bits per heavy atom. The Balaban J connectivity index is 0.00000132. The second-order valence-corrected chi connectivity index (χ2v) is 5.13. The Labute approximate surface area is 148 Å². The fourth-order valence-electron chi connectivity index (χ4n) is 2.75. The first-order chi connectivity index (χ1) is 10.2. The van der Waals surface area contributed by atoms with Crippen LogP contribution in [0.1, 0.15) is 19.7 Å². The van der Waals surface area contributed by atoms with Gasteiger partial charge in [0.2, 0.25) is 5.91 Å². The second-order valence-electron chi connectivity index (χ2n) is 5.13. The van der Waals surface area contributed by atoms with E-state index in [1.807, 2.05) is 30.4 Å². The number of aryl methyl sites for hydroxylation is 2. The number of hydrogen-bond donors (Lipinski definition) is 2. The summed E-state index contributed by atoms with van der Waals surface area (Å²) in [5, 5.41) is 6.04. The quantitative estimate of drug-likeness (QED) is 0.828. The number of anilines is 1. The van der Waals surface area contributed by atoms with E-state index in [0.29, 0.717) is 0 Å². The highest BCUT2D eigenvalue weighted by Crippen LogP contribution is 2.21. The zero-order chi connectivity index (χ0) is 14.8. The Kier molecular flexibility index (Phi) is 7.06. The van der Waals surface area contributed by atoms with Gasteiger partial charge in [-0.2, -0.15) is 0 Å². The monoisotopic (exact) mass is 356 g/mol. The molecule has 0 saturated heterocycles. The number of halogens is 2. The van der Waals surface area contributed by atoms with E-state index in [0.717, 1.165) is 42.1 Å². The lowest BCUT2D eigenvalue weighted by Crippen LogP contribution is -2.35. The molecule has 126 valence electrons. The van der Waals surface area contributed by atoms with Crippen molar-refractivity contribution in [1.82, 2.24) is 14.9 Å². The topological polar surface area (TPSA) is 59.0 Å². The van der Waals surface area contributed by atoms with Crippen LogP contribution in [0.15, 0.2) is 30.4 Å². The van der Waals surface area contributed by atoms with E-state index < -0.39 is 0 Å². The Hall–Kier alpha value is -1.56. The van der Waals surface area contributed by atoms with Gasteiger partial charge >= 0.3 is 0 Å². The maximum Gasteiger partial charge on any atom is 0.245 e. The number of nitrogens with zero attached hydrogens (tertiary/aromatic N) is 2. The SMILES string of the molecule is CCc1nc2cc(NC(=O)C3C=CCN3)ccc2n1CC.Cl.Cl. The van der Waals surface area contributed by atoms with Crippen LogP contribution in [0.3, 0.4) is 0 Å². The van der Waals surface area contributed by atoms with Crippen molar-refractivity contribution in [3.05, 3.63) is 36.2 Å². The number of benzene rings is 1. The Morgan fingerprint density at radius 3 is 2.78 bits per heavy atom. The van der Waals surface area contributed by atoms with Crippen molar-refractivity contribution in [3.63, 3.8) is 0 Å². The summed E-state index contributed by atoms with van der Waals surface area (Å²) in [4.78, 5) is 16.7. The molecule has 23 heavy (non-hydrogen) atoms. The van der Waals surface area contributed by atoms with Crippen LogP contribution < -0.4 is 10.6 Å². The van der Waals surface area contributed by atoms with Gasteiger partial charge in [0.1, 0.15) is 11.9 Å². The summed E-state index contributed by atoms with van der Waals surface area (Å²) in [6.45, 7) is 5.88. The molecule has 1 unspecified atom stereocenters. The average molecular weight is 357 g/mol. The van der Waals surface area contributed by atoms with Gasteiger partial charge < -0.3 is 9.88 Å². The molecule has 7 heteroatoms. The third kappa shape index (κ3) is 3.86. The normalized spacial score (nSPS) is 16.0. The minimum atomic E-state index is -0.236. The fraction of sp³-hybridized carbons (Fsp3) is 0.375. The lowest BCUT2D eigenvalue weighted by atomic mass is 10.2. The van der Waals surface area contributed by atoms with Crippen LogP contribution in [0.5, 0.6) is 0 Å². The molecule has 2 aromatic rings. The van der Waals surface area contributed by atoms with Crippen molar-refractivity contribution < 1.29 is 4.79 Å². The molecule has 1 aromatic heterocycles. The van der Waals surface area contributed by atoms with Gasteiger partial charge in [0.15, 0.2) is 0 Å².